The lowest BCUT2D eigenvalue weighted by atomic mass is 10.1. The number of carbonyl (C=O) groups is 3. The fraction of sp³-hybridized carbons (Fsp3) is 0.364. The van der Waals surface area contributed by atoms with Gasteiger partial charge in [0, 0.05) is 56.0 Å². The monoisotopic (exact) mass is 440 g/mol. The van der Waals surface area contributed by atoms with Gasteiger partial charge in [-0.2, -0.15) is 0 Å². The highest BCUT2D eigenvalue weighted by atomic mass is 19.1. The van der Waals surface area contributed by atoms with Gasteiger partial charge in [-0.1, -0.05) is 0 Å². The Balaban J connectivity index is 1.41. The predicted octanol–water partition coefficient (Wildman–Crippen LogP) is 1.18. The second kappa shape index (κ2) is 7.56. The molecule has 166 valence electrons. The van der Waals surface area contributed by atoms with Crippen molar-refractivity contribution in [3.63, 3.8) is 0 Å². The van der Waals surface area contributed by atoms with Crippen LogP contribution in [0.5, 0.6) is 0 Å². The lowest BCUT2D eigenvalue weighted by molar-refractivity contribution is -0.139. The molecule has 1 N–H and O–H groups in total. The van der Waals surface area contributed by atoms with Gasteiger partial charge in [-0.25, -0.2) is 9.18 Å². The summed E-state index contributed by atoms with van der Waals surface area (Å²) in [6.45, 7) is 2.21. The van der Waals surface area contributed by atoms with Crippen LogP contribution in [0, 0.1) is 5.82 Å². The summed E-state index contributed by atoms with van der Waals surface area (Å²) in [6.07, 6.45) is 5.62. The predicted molar refractivity (Wildman–Crippen MR) is 113 cm³/mol. The number of pyridine rings is 1. The highest BCUT2D eigenvalue weighted by molar-refractivity contribution is 6.12. The zero-order chi connectivity index (χ0) is 22.6. The minimum Gasteiger partial charge on any atom is -0.477 e. The fourth-order valence-corrected chi connectivity index (χ4v) is 4.31. The number of aromatic nitrogens is 1. The number of hydrogen-bond donors (Lipinski definition) is 1. The number of halogens is 1. The normalized spacial score (nSPS) is 19.4. The molecule has 2 aromatic rings. The van der Waals surface area contributed by atoms with Gasteiger partial charge >= 0.3 is 5.97 Å². The van der Waals surface area contributed by atoms with Gasteiger partial charge in [0.2, 0.25) is 5.43 Å². The number of nitrogens with zero attached hydrogens (tertiary/aromatic N) is 4. The van der Waals surface area contributed by atoms with Crippen LogP contribution in [0.3, 0.4) is 0 Å². The molecule has 3 heterocycles. The molecule has 3 aliphatic rings. The number of hydrogen-bond acceptors (Lipinski definition) is 6. The van der Waals surface area contributed by atoms with E-state index in [1.807, 2.05) is 9.80 Å². The van der Waals surface area contributed by atoms with E-state index >= 15 is 4.39 Å². The minimum atomic E-state index is -1.32. The SMILES string of the molecule is O=C(O)c1cn(C2CC2)c2cc(N3CCN(CN4C(=O)C=CC4=O)CC3)c(F)cc2c1=O. The second-order valence-electron chi connectivity index (χ2n) is 8.32. The first-order valence-corrected chi connectivity index (χ1v) is 10.5. The summed E-state index contributed by atoms with van der Waals surface area (Å²) in [5.74, 6) is -2.58. The van der Waals surface area contributed by atoms with Crippen molar-refractivity contribution < 1.29 is 23.9 Å². The van der Waals surface area contributed by atoms with Crippen LogP contribution in [-0.4, -0.2) is 70.1 Å². The largest absolute Gasteiger partial charge is 0.477 e. The lowest BCUT2D eigenvalue weighted by Crippen LogP contribution is -2.51. The van der Waals surface area contributed by atoms with Crippen molar-refractivity contribution in [3.05, 3.63) is 52.1 Å². The van der Waals surface area contributed by atoms with E-state index in [-0.39, 0.29) is 35.5 Å². The van der Waals surface area contributed by atoms with E-state index in [2.05, 4.69) is 0 Å². The number of imide groups is 1. The van der Waals surface area contributed by atoms with Crippen LogP contribution in [0.2, 0.25) is 0 Å². The van der Waals surface area contributed by atoms with Gasteiger partial charge in [0.1, 0.15) is 11.4 Å². The lowest BCUT2D eigenvalue weighted by Gasteiger charge is -2.37. The quantitative estimate of drug-likeness (QED) is 0.697. The smallest absolute Gasteiger partial charge is 0.341 e. The highest BCUT2D eigenvalue weighted by Gasteiger charge is 2.30. The van der Waals surface area contributed by atoms with E-state index in [9.17, 15) is 24.3 Å². The first-order valence-electron chi connectivity index (χ1n) is 10.5. The van der Waals surface area contributed by atoms with Crippen molar-refractivity contribution in [1.29, 1.82) is 0 Å². The number of aromatic carboxylic acids is 1. The van der Waals surface area contributed by atoms with E-state index in [0.717, 1.165) is 18.9 Å². The number of carboxylic acids is 1. The molecule has 0 radical (unpaired) electrons. The van der Waals surface area contributed by atoms with Gasteiger partial charge in [0.25, 0.3) is 11.8 Å². The summed E-state index contributed by atoms with van der Waals surface area (Å²) in [4.78, 5) is 52.6. The Morgan fingerprint density at radius 1 is 1.03 bits per heavy atom. The third kappa shape index (κ3) is 3.46. The maximum Gasteiger partial charge on any atom is 0.341 e. The molecular weight excluding hydrogens is 419 g/mol. The molecule has 1 aliphatic carbocycles. The number of piperazine rings is 1. The van der Waals surface area contributed by atoms with Crippen LogP contribution in [0.25, 0.3) is 10.9 Å². The summed E-state index contributed by atoms with van der Waals surface area (Å²) in [6, 6.07) is 2.87. The molecule has 2 amide bonds. The van der Waals surface area contributed by atoms with Crippen LogP contribution in [-0.2, 0) is 9.59 Å². The van der Waals surface area contributed by atoms with E-state index in [4.69, 9.17) is 0 Å². The van der Waals surface area contributed by atoms with Gasteiger partial charge in [-0.05, 0) is 25.0 Å². The molecule has 1 aromatic carbocycles. The van der Waals surface area contributed by atoms with Gasteiger partial charge in [0.05, 0.1) is 17.9 Å². The molecule has 9 nitrogen and oxygen atoms in total. The number of amides is 2. The zero-order valence-corrected chi connectivity index (χ0v) is 17.2. The van der Waals surface area contributed by atoms with Crippen molar-refractivity contribution in [2.45, 2.75) is 18.9 Å². The first-order chi connectivity index (χ1) is 15.3. The van der Waals surface area contributed by atoms with Gasteiger partial charge < -0.3 is 14.6 Å². The molecule has 0 bridgehead atoms. The summed E-state index contributed by atoms with van der Waals surface area (Å²) in [5.41, 5.74) is -0.163. The summed E-state index contributed by atoms with van der Waals surface area (Å²) in [5, 5.41) is 9.43. The van der Waals surface area contributed by atoms with Gasteiger partial charge in [0.15, 0.2) is 0 Å². The van der Waals surface area contributed by atoms with Crippen molar-refractivity contribution in [3.8, 4) is 0 Å². The second-order valence-corrected chi connectivity index (χ2v) is 8.32. The third-order valence-electron chi connectivity index (χ3n) is 6.23. The standard InChI is InChI=1S/C22H21FN4O5/c23-16-9-14-17(26(13-1-2-13)11-15(21(14)30)22(31)32)10-18(16)25-7-5-24(6-8-25)12-27-19(28)3-4-20(27)29/h3-4,9-11,13H,1-2,5-8,12H2,(H,31,32). The number of carbonyl (C=O) groups excluding carboxylic acids is 2. The van der Waals surface area contributed by atoms with E-state index < -0.39 is 17.2 Å². The first kappa shape index (κ1) is 20.4. The molecule has 10 heteroatoms. The topological polar surface area (TPSA) is 103 Å². The Morgan fingerprint density at radius 3 is 2.28 bits per heavy atom. The molecule has 5 rings (SSSR count). The van der Waals surface area contributed by atoms with Gasteiger partial charge in [-0.3, -0.25) is 24.2 Å². The molecule has 1 saturated carbocycles. The van der Waals surface area contributed by atoms with Crippen LogP contribution < -0.4 is 10.3 Å². The Labute approximate surface area is 181 Å². The molecular formula is C22H21FN4O5. The van der Waals surface area contributed by atoms with E-state index in [1.54, 1.807) is 10.6 Å². The van der Waals surface area contributed by atoms with Crippen molar-refractivity contribution >= 4 is 34.4 Å². The number of rotatable bonds is 5. The van der Waals surface area contributed by atoms with Gasteiger partial charge in [-0.15, -0.1) is 0 Å². The molecule has 2 aliphatic heterocycles. The molecule has 1 saturated heterocycles. The van der Waals surface area contributed by atoms with Crippen LogP contribution in [0.15, 0.2) is 35.3 Å². The number of anilines is 1. The van der Waals surface area contributed by atoms with Crippen molar-refractivity contribution in [2.24, 2.45) is 0 Å². The Kier molecular flexibility index (Phi) is 4.81. The van der Waals surface area contributed by atoms with Crippen LogP contribution in [0.4, 0.5) is 10.1 Å². The maximum absolute atomic E-state index is 15.0. The Hall–Kier alpha value is -3.53. The molecule has 1 aromatic heterocycles. The number of benzene rings is 1. The van der Waals surface area contributed by atoms with Crippen LogP contribution >= 0.6 is 0 Å². The molecule has 0 spiro atoms. The minimum absolute atomic E-state index is 0.0650. The molecule has 0 atom stereocenters. The Bertz CT molecular complexity index is 1220. The summed E-state index contributed by atoms with van der Waals surface area (Å²) in [7, 11) is 0. The molecule has 0 unspecified atom stereocenters. The zero-order valence-electron chi connectivity index (χ0n) is 17.2. The average molecular weight is 440 g/mol. The Morgan fingerprint density at radius 2 is 1.69 bits per heavy atom. The van der Waals surface area contributed by atoms with Crippen molar-refractivity contribution in [2.75, 3.05) is 37.7 Å². The molecule has 32 heavy (non-hydrogen) atoms. The summed E-state index contributed by atoms with van der Waals surface area (Å²) < 4.78 is 16.8. The number of carboxylic acid groups (broad SMARTS) is 1. The van der Waals surface area contributed by atoms with E-state index in [0.29, 0.717) is 37.4 Å². The van der Waals surface area contributed by atoms with E-state index in [1.165, 1.54) is 23.2 Å². The average Bonchev–Trinajstić information content (AvgIpc) is 3.56. The summed E-state index contributed by atoms with van der Waals surface area (Å²) >= 11 is 0. The van der Waals surface area contributed by atoms with Crippen molar-refractivity contribution in [1.82, 2.24) is 14.4 Å². The van der Waals surface area contributed by atoms with Crippen LogP contribution in [0.1, 0.15) is 29.2 Å². The molecule has 2 fully saturated rings. The maximum atomic E-state index is 15.0. The number of fused-ring (bicyclic) bond motifs is 1. The third-order valence-corrected chi connectivity index (χ3v) is 6.23. The highest BCUT2D eigenvalue weighted by Crippen LogP contribution is 2.38. The fourth-order valence-electron chi connectivity index (χ4n) is 4.31.